The first-order valence-electron chi connectivity index (χ1n) is 15.0. The highest BCUT2D eigenvalue weighted by Crippen LogP contribution is 2.68. The van der Waals surface area contributed by atoms with Gasteiger partial charge in [-0.3, -0.25) is 4.79 Å². The van der Waals surface area contributed by atoms with Crippen molar-refractivity contribution in [2.75, 3.05) is 0 Å². The molecule has 0 aliphatic heterocycles. The van der Waals surface area contributed by atoms with Gasteiger partial charge in [0.05, 0.1) is 11.7 Å². The fourth-order valence-electron chi connectivity index (χ4n) is 9.17. The van der Waals surface area contributed by atoms with Crippen molar-refractivity contribution in [3.63, 3.8) is 0 Å². The third-order valence-electron chi connectivity index (χ3n) is 10.1. The fourth-order valence-corrected chi connectivity index (χ4v) is 13.2. The summed E-state index contributed by atoms with van der Waals surface area (Å²) in [7, 11) is -5.25. The molecule has 3 fully saturated rings. The van der Waals surface area contributed by atoms with Crippen LogP contribution < -0.4 is 0 Å². The molecule has 4 rings (SSSR count). The number of fused-ring (bicyclic) bond motifs is 5. The highest BCUT2D eigenvalue weighted by atomic mass is 28.4. The molecule has 212 valence electrons. The second kappa shape index (κ2) is 9.51. The van der Waals surface area contributed by atoms with Gasteiger partial charge in [0.2, 0.25) is 0 Å². The molecule has 37 heavy (non-hydrogen) atoms. The molecule has 0 radical (unpaired) electrons. The summed E-state index contributed by atoms with van der Waals surface area (Å²) in [6.45, 7) is 27.7. The molecule has 4 aliphatic rings. The number of carbonyl (C=O) groups excluding carboxylic acids is 1. The Hall–Kier alpha value is -0.0594. The van der Waals surface area contributed by atoms with Crippen molar-refractivity contribution in [3.8, 4) is 0 Å². The highest BCUT2D eigenvalue weighted by Gasteiger charge is 2.69. The molecular weight excluding hydrogens is 509 g/mol. The molecule has 0 aromatic carbocycles. The lowest BCUT2D eigenvalue weighted by molar-refractivity contribution is -0.169. The average Bonchev–Trinajstić information content (AvgIpc) is 2.97. The SMILES string of the molecule is C[C@H](O[Si](C)(C)C)[C@@]1(O[Si](C)(C)C)CC[C@H]2[C@@H]3CC=C4C[C@@H](O[Si](C)(C)C)CC[C@]4(C)[C@H]3C(=O)C[C@@]21C. The molecule has 0 saturated heterocycles. The molecule has 4 aliphatic carbocycles. The predicted molar refractivity (Wildman–Crippen MR) is 161 cm³/mol. The maximum absolute atomic E-state index is 14.4. The van der Waals surface area contributed by atoms with Crippen molar-refractivity contribution in [1.29, 1.82) is 0 Å². The topological polar surface area (TPSA) is 44.8 Å². The lowest BCUT2D eigenvalue weighted by Crippen LogP contribution is -2.64. The zero-order valence-corrected chi connectivity index (χ0v) is 29.0. The van der Waals surface area contributed by atoms with Crippen LogP contribution in [0.2, 0.25) is 58.9 Å². The van der Waals surface area contributed by atoms with Crippen LogP contribution in [0, 0.1) is 28.6 Å². The zero-order chi connectivity index (χ0) is 27.8. The van der Waals surface area contributed by atoms with Gasteiger partial charge in [0, 0.05) is 23.9 Å². The molecule has 0 unspecified atom stereocenters. The van der Waals surface area contributed by atoms with Crippen molar-refractivity contribution < 1.29 is 18.1 Å². The van der Waals surface area contributed by atoms with Gasteiger partial charge in [-0.05, 0) is 122 Å². The van der Waals surface area contributed by atoms with Crippen molar-refractivity contribution >= 4 is 30.7 Å². The third kappa shape index (κ3) is 5.48. The van der Waals surface area contributed by atoms with Crippen molar-refractivity contribution in [1.82, 2.24) is 0 Å². The highest BCUT2D eigenvalue weighted by molar-refractivity contribution is 6.70. The first-order chi connectivity index (χ1) is 16.7. The summed E-state index contributed by atoms with van der Waals surface area (Å²) in [6.07, 6.45) is 9.89. The maximum atomic E-state index is 14.4. The van der Waals surface area contributed by atoms with Gasteiger partial charge >= 0.3 is 0 Å². The molecule has 3 saturated carbocycles. The predicted octanol–water partition coefficient (Wildman–Crippen LogP) is 8.18. The Balaban J connectivity index is 1.69. The van der Waals surface area contributed by atoms with Gasteiger partial charge in [-0.25, -0.2) is 0 Å². The second-order valence-electron chi connectivity index (χ2n) is 16.3. The lowest BCUT2D eigenvalue weighted by atomic mass is 9.46. The van der Waals surface area contributed by atoms with E-state index in [0.717, 1.165) is 38.5 Å². The molecule has 0 amide bonds. The molecule has 0 bridgehead atoms. The van der Waals surface area contributed by atoms with E-state index in [2.05, 4.69) is 85.8 Å². The molecule has 0 spiro atoms. The van der Waals surface area contributed by atoms with Crippen molar-refractivity contribution in [3.05, 3.63) is 11.6 Å². The summed E-state index contributed by atoms with van der Waals surface area (Å²) in [6, 6.07) is 0. The van der Waals surface area contributed by atoms with Gasteiger partial charge in [0.25, 0.3) is 0 Å². The summed E-state index contributed by atoms with van der Waals surface area (Å²) in [5.41, 5.74) is 0.950. The average molecular weight is 565 g/mol. The van der Waals surface area contributed by atoms with E-state index in [0.29, 0.717) is 30.1 Å². The maximum Gasteiger partial charge on any atom is 0.184 e. The quantitative estimate of drug-likeness (QED) is 0.231. The molecular formula is C30H56O4Si3. The molecule has 0 heterocycles. The lowest BCUT2D eigenvalue weighted by Gasteiger charge is -2.60. The summed E-state index contributed by atoms with van der Waals surface area (Å²) in [4.78, 5) is 14.4. The van der Waals surface area contributed by atoms with E-state index in [1.54, 1.807) is 0 Å². The Bertz CT molecular complexity index is 929. The van der Waals surface area contributed by atoms with Crippen LogP contribution in [0.5, 0.6) is 0 Å². The van der Waals surface area contributed by atoms with E-state index in [4.69, 9.17) is 13.3 Å². The van der Waals surface area contributed by atoms with Crippen LogP contribution in [0.1, 0.15) is 65.7 Å². The molecule has 0 aromatic heterocycles. The number of carbonyl (C=O) groups is 1. The molecule has 4 nitrogen and oxygen atoms in total. The number of Topliss-reactive ketones (excluding diaryl/α,β-unsaturated/α-hetero) is 1. The van der Waals surface area contributed by atoms with Crippen LogP contribution in [0.15, 0.2) is 11.6 Å². The Morgan fingerprint density at radius 2 is 1.57 bits per heavy atom. The van der Waals surface area contributed by atoms with Gasteiger partial charge in [0.1, 0.15) is 5.78 Å². The number of rotatable bonds is 7. The Labute approximate surface area is 231 Å². The van der Waals surface area contributed by atoms with Crippen LogP contribution in [0.3, 0.4) is 0 Å². The van der Waals surface area contributed by atoms with Gasteiger partial charge < -0.3 is 13.3 Å². The monoisotopic (exact) mass is 564 g/mol. The largest absolute Gasteiger partial charge is 0.414 e. The van der Waals surface area contributed by atoms with Crippen LogP contribution >= 0.6 is 0 Å². The summed E-state index contributed by atoms with van der Waals surface area (Å²) in [5, 5.41) is 0. The number of allylic oxidation sites excluding steroid dienone is 1. The summed E-state index contributed by atoms with van der Waals surface area (Å²) in [5.74, 6) is 1.56. The van der Waals surface area contributed by atoms with E-state index in [-0.39, 0.29) is 28.5 Å². The van der Waals surface area contributed by atoms with Crippen molar-refractivity contribution in [2.24, 2.45) is 28.6 Å². The van der Waals surface area contributed by atoms with E-state index in [1.807, 2.05) is 0 Å². The first kappa shape index (κ1) is 29.9. The molecule has 0 aromatic rings. The van der Waals surface area contributed by atoms with Crippen LogP contribution in [-0.2, 0) is 18.1 Å². The van der Waals surface area contributed by atoms with Gasteiger partial charge in [-0.1, -0.05) is 25.5 Å². The molecule has 8 atom stereocenters. The number of hydrogen-bond donors (Lipinski definition) is 0. The Morgan fingerprint density at radius 3 is 2.14 bits per heavy atom. The van der Waals surface area contributed by atoms with Crippen LogP contribution in [0.4, 0.5) is 0 Å². The Kier molecular flexibility index (Phi) is 7.68. The normalized spacial score (nSPS) is 41.5. The third-order valence-corrected chi connectivity index (χ3v) is 13.2. The zero-order valence-electron chi connectivity index (χ0n) is 26.0. The van der Waals surface area contributed by atoms with E-state index in [9.17, 15) is 4.79 Å². The van der Waals surface area contributed by atoms with E-state index < -0.39 is 25.0 Å². The standard InChI is InChI=1S/C30H56O4Si3/c1-21(32-35(4,5)6)30(34-37(10,11)12)18-16-25-24-14-13-22-19-23(33-36(7,8)9)15-17-28(22,2)27(24)26(31)20-29(25,30)3/h13,21,23-25,27H,14-20H2,1-12H3/t21-,23-,24-,25-,27+,28-,29-,30-/m0/s1. The van der Waals surface area contributed by atoms with Crippen LogP contribution in [0.25, 0.3) is 0 Å². The smallest absolute Gasteiger partial charge is 0.184 e. The minimum Gasteiger partial charge on any atom is -0.414 e. The van der Waals surface area contributed by atoms with Gasteiger partial charge in [0.15, 0.2) is 25.0 Å². The van der Waals surface area contributed by atoms with E-state index >= 15 is 0 Å². The van der Waals surface area contributed by atoms with Gasteiger partial charge in [-0.15, -0.1) is 0 Å². The first-order valence-corrected chi connectivity index (χ1v) is 25.2. The number of ketones is 1. The van der Waals surface area contributed by atoms with E-state index in [1.165, 1.54) is 5.57 Å². The molecule has 0 N–H and O–H groups in total. The van der Waals surface area contributed by atoms with Crippen molar-refractivity contribution in [2.45, 2.75) is 142 Å². The second-order valence-corrected chi connectivity index (χ2v) is 29.7. The van der Waals surface area contributed by atoms with Crippen LogP contribution in [-0.4, -0.2) is 48.5 Å². The molecule has 7 heteroatoms. The van der Waals surface area contributed by atoms with Gasteiger partial charge in [-0.2, -0.15) is 0 Å². The summed E-state index contributed by atoms with van der Waals surface area (Å²) >= 11 is 0. The minimum atomic E-state index is -1.89. The summed E-state index contributed by atoms with van der Waals surface area (Å²) < 4.78 is 20.6. The fraction of sp³-hybridized carbons (Fsp3) is 0.900. The Morgan fingerprint density at radius 1 is 0.919 bits per heavy atom. The minimum absolute atomic E-state index is 0.00433. The number of hydrogen-bond acceptors (Lipinski definition) is 4.